The lowest BCUT2D eigenvalue weighted by Crippen LogP contribution is -2.31. The van der Waals surface area contributed by atoms with Crippen molar-refractivity contribution in [3.63, 3.8) is 0 Å². The van der Waals surface area contributed by atoms with Gasteiger partial charge in [0.1, 0.15) is 24.8 Å². The zero-order valence-electron chi connectivity index (χ0n) is 37.7. The molecule has 0 spiro atoms. The van der Waals surface area contributed by atoms with Crippen molar-refractivity contribution < 1.29 is 66.3 Å². The first-order valence-electron chi connectivity index (χ1n) is 22.1. The standard InChI is InChI=1S/C49H65FO13/c1-8-11-12-15-34-18-20-36(21-19-34)37-22-23-41(42(50)28-37)40-26-38(16-13-24-59-44(51)32(4)5)43(39(27-40)17-14-25-60-45(52)33(6)7)61-29-35(30-62-48(55)46(53)57-9-2)31-63-49(56)47(54)58-10-3/h22-23,26-28,34-36H,4,6,8-21,24-25,29-31H2,1-3,5,7H3. The van der Waals surface area contributed by atoms with Gasteiger partial charge >= 0.3 is 35.8 Å². The van der Waals surface area contributed by atoms with Crippen LogP contribution in [-0.2, 0) is 70.0 Å². The van der Waals surface area contributed by atoms with E-state index in [1.165, 1.54) is 39.5 Å². The molecule has 1 aliphatic rings. The maximum absolute atomic E-state index is 16.3. The molecule has 1 saturated carbocycles. The van der Waals surface area contributed by atoms with Crippen LogP contribution in [0.2, 0.25) is 0 Å². The van der Waals surface area contributed by atoms with E-state index in [-0.39, 0.29) is 55.9 Å². The second kappa shape index (κ2) is 27.5. The van der Waals surface area contributed by atoms with Crippen molar-refractivity contribution in [1.29, 1.82) is 0 Å². The number of carbonyl (C=O) groups excluding carboxylic acids is 6. The van der Waals surface area contributed by atoms with Crippen LogP contribution >= 0.6 is 0 Å². The molecule has 0 N–H and O–H groups in total. The molecule has 63 heavy (non-hydrogen) atoms. The van der Waals surface area contributed by atoms with Crippen LogP contribution in [-0.4, -0.2) is 82.1 Å². The Morgan fingerprint density at radius 2 is 1.14 bits per heavy atom. The summed E-state index contributed by atoms with van der Waals surface area (Å²) in [6.07, 6.45) is 10.5. The summed E-state index contributed by atoms with van der Waals surface area (Å²) in [6, 6.07) is 9.04. The van der Waals surface area contributed by atoms with Crippen molar-refractivity contribution in [3.8, 4) is 16.9 Å². The number of benzene rings is 2. The molecule has 1 fully saturated rings. The first-order valence-corrected chi connectivity index (χ1v) is 22.1. The highest BCUT2D eigenvalue weighted by Crippen LogP contribution is 2.40. The molecule has 0 aromatic heterocycles. The van der Waals surface area contributed by atoms with E-state index in [1.807, 2.05) is 6.07 Å². The van der Waals surface area contributed by atoms with Gasteiger partial charge < -0.3 is 33.2 Å². The van der Waals surface area contributed by atoms with E-state index in [0.29, 0.717) is 53.7 Å². The maximum Gasteiger partial charge on any atom is 0.417 e. The number of rotatable bonds is 25. The fourth-order valence-electron chi connectivity index (χ4n) is 7.29. The fourth-order valence-corrected chi connectivity index (χ4v) is 7.29. The largest absolute Gasteiger partial charge is 0.492 e. The number of carbonyl (C=O) groups is 6. The van der Waals surface area contributed by atoms with Crippen LogP contribution in [0, 0.1) is 17.7 Å². The van der Waals surface area contributed by atoms with Gasteiger partial charge in [0.05, 0.1) is 39.0 Å². The summed E-state index contributed by atoms with van der Waals surface area (Å²) in [6.45, 7) is 14.4. The third kappa shape index (κ3) is 17.6. The van der Waals surface area contributed by atoms with Crippen molar-refractivity contribution in [2.24, 2.45) is 11.8 Å². The molecule has 2 aromatic carbocycles. The molecule has 3 rings (SSSR count). The Balaban J connectivity index is 2.02. The molecule has 346 valence electrons. The first kappa shape index (κ1) is 51.8. The Bertz CT molecular complexity index is 1810. The fraction of sp³-hybridized carbons (Fsp3) is 0.551. The van der Waals surface area contributed by atoms with Crippen LogP contribution in [0.1, 0.15) is 121 Å². The average Bonchev–Trinajstić information content (AvgIpc) is 3.26. The molecule has 0 bridgehead atoms. The van der Waals surface area contributed by atoms with E-state index in [1.54, 1.807) is 38.1 Å². The quantitative estimate of drug-likeness (QED) is 0.0306. The molecule has 0 radical (unpaired) electrons. The topological polar surface area (TPSA) is 167 Å². The van der Waals surface area contributed by atoms with E-state index in [0.717, 1.165) is 37.2 Å². The minimum atomic E-state index is -1.28. The van der Waals surface area contributed by atoms with Crippen molar-refractivity contribution in [2.75, 3.05) is 46.2 Å². The number of hydrogen-bond acceptors (Lipinski definition) is 13. The van der Waals surface area contributed by atoms with Gasteiger partial charge in [-0.05, 0) is 131 Å². The zero-order chi connectivity index (χ0) is 46.3. The second-order valence-corrected chi connectivity index (χ2v) is 15.9. The Hall–Kier alpha value is -5.53. The Morgan fingerprint density at radius 1 is 0.635 bits per heavy atom. The summed E-state index contributed by atoms with van der Waals surface area (Å²) in [7, 11) is 0. The number of esters is 6. The van der Waals surface area contributed by atoms with Gasteiger partial charge in [0, 0.05) is 16.7 Å². The van der Waals surface area contributed by atoms with Crippen LogP contribution in [0.25, 0.3) is 11.1 Å². The molecule has 0 atom stereocenters. The normalized spacial score (nSPS) is 14.6. The van der Waals surface area contributed by atoms with E-state index in [9.17, 15) is 28.8 Å². The molecule has 1 aliphatic carbocycles. The highest BCUT2D eigenvalue weighted by Gasteiger charge is 2.26. The highest BCUT2D eigenvalue weighted by molar-refractivity contribution is 6.30. The molecule has 0 unspecified atom stereocenters. The molecule has 0 saturated heterocycles. The van der Waals surface area contributed by atoms with Crippen LogP contribution in [0.5, 0.6) is 5.75 Å². The number of hydrogen-bond donors (Lipinski definition) is 0. The van der Waals surface area contributed by atoms with Gasteiger partial charge in [0.15, 0.2) is 0 Å². The molecular weight excluding hydrogens is 816 g/mol. The third-order valence-corrected chi connectivity index (χ3v) is 10.7. The van der Waals surface area contributed by atoms with Crippen LogP contribution in [0.3, 0.4) is 0 Å². The van der Waals surface area contributed by atoms with E-state index >= 15 is 4.39 Å². The van der Waals surface area contributed by atoms with Crippen molar-refractivity contribution in [3.05, 3.63) is 77.1 Å². The predicted octanol–water partition coefficient (Wildman–Crippen LogP) is 8.66. The number of ether oxygens (including phenoxy) is 7. The summed E-state index contributed by atoms with van der Waals surface area (Å²) >= 11 is 0. The molecule has 0 amide bonds. The molecule has 2 aromatic rings. The molecular formula is C49H65FO13. The second-order valence-electron chi connectivity index (χ2n) is 15.9. The Labute approximate surface area is 371 Å². The first-order chi connectivity index (χ1) is 30.2. The predicted molar refractivity (Wildman–Crippen MR) is 233 cm³/mol. The zero-order valence-corrected chi connectivity index (χ0v) is 37.7. The average molecular weight is 881 g/mol. The minimum absolute atomic E-state index is 0.0434. The summed E-state index contributed by atoms with van der Waals surface area (Å²) in [5, 5.41) is 0. The maximum atomic E-state index is 16.3. The summed E-state index contributed by atoms with van der Waals surface area (Å²) in [5.41, 5.74) is 3.63. The van der Waals surface area contributed by atoms with E-state index in [4.69, 9.17) is 33.2 Å². The van der Waals surface area contributed by atoms with Gasteiger partial charge in [-0.25, -0.2) is 33.2 Å². The van der Waals surface area contributed by atoms with Crippen molar-refractivity contribution in [1.82, 2.24) is 0 Å². The van der Waals surface area contributed by atoms with Crippen molar-refractivity contribution >= 4 is 35.8 Å². The summed E-state index contributed by atoms with van der Waals surface area (Å²) in [4.78, 5) is 73.1. The lowest BCUT2D eigenvalue weighted by molar-refractivity contribution is -0.171. The van der Waals surface area contributed by atoms with Crippen LogP contribution in [0.15, 0.2) is 54.6 Å². The minimum Gasteiger partial charge on any atom is -0.492 e. The summed E-state index contributed by atoms with van der Waals surface area (Å²) in [5.74, 6) is -6.00. The van der Waals surface area contributed by atoms with Gasteiger partial charge in [0.2, 0.25) is 0 Å². The van der Waals surface area contributed by atoms with Crippen LogP contribution in [0.4, 0.5) is 4.39 Å². The SMILES string of the molecule is C=C(C)C(=O)OCCCc1cc(-c2ccc(C3CCC(CCCCC)CC3)cc2F)cc(CCCOC(=O)C(=C)C)c1OCC(COC(=O)C(=O)OCC)COC(=O)C(=O)OCC. The lowest BCUT2D eigenvalue weighted by Gasteiger charge is -2.29. The third-order valence-electron chi connectivity index (χ3n) is 10.7. The van der Waals surface area contributed by atoms with Gasteiger partial charge in [0.25, 0.3) is 0 Å². The molecule has 0 heterocycles. The Kier molecular flexibility index (Phi) is 22.6. The van der Waals surface area contributed by atoms with Gasteiger partial charge in [-0.15, -0.1) is 0 Å². The number of unbranched alkanes of at least 4 members (excludes halogenated alkanes) is 2. The monoisotopic (exact) mass is 880 g/mol. The summed E-state index contributed by atoms with van der Waals surface area (Å²) < 4.78 is 53.3. The molecule has 14 heteroatoms. The van der Waals surface area contributed by atoms with Gasteiger partial charge in [-0.3, -0.25) is 0 Å². The smallest absolute Gasteiger partial charge is 0.417 e. The van der Waals surface area contributed by atoms with E-state index < -0.39 is 54.9 Å². The number of halogens is 1. The molecule has 0 aliphatic heterocycles. The van der Waals surface area contributed by atoms with Crippen molar-refractivity contribution in [2.45, 2.75) is 118 Å². The number of aryl methyl sites for hydroxylation is 2. The highest BCUT2D eigenvalue weighted by atomic mass is 19.1. The lowest BCUT2D eigenvalue weighted by atomic mass is 9.77. The van der Waals surface area contributed by atoms with Gasteiger partial charge in [-0.2, -0.15) is 0 Å². The Morgan fingerprint density at radius 3 is 1.60 bits per heavy atom. The molecule has 13 nitrogen and oxygen atoms in total. The van der Waals surface area contributed by atoms with E-state index in [2.05, 4.69) is 20.1 Å². The van der Waals surface area contributed by atoms with Gasteiger partial charge in [-0.1, -0.05) is 57.9 Å². The van der Waals surface area contributed by atoms with Crippen LogP contribution < -0.4 is 4.74 Å².